The van der Waals surface area contributed by atoms with Gasteiger partial charge in [-0.1, -0.05) is 38.0 Å². The Labute approximate surface area is 56.9 Å². The molecule has 0 saturated carbocycles. The quantitative estimate of drug-likeness (QED) is 0.502. The largest absolute Gasteiger partial charge is 0.0991 e. The van der Waals surface area contributed by atoms with Crippen LogP contribution in [0.4, 0.5) is 0 Å². The van der Waals surface area contributed by atoms with Gasteiger partial charge in [-0.25, -0.2) is 0 Å². The number of hydrogen-bond acceptors (Lipinski definition) is 0. The third-order valence-corrected chi connectivity index (χ3v) is 1.12. The van der Waals surface area contributed by atoms with Gasteiger partial charge in [0.05, 0.1) is 0 Å². The Hall–Kier alpha value is -1.04. The molecule has 48 valence electrons. The molecule has 0 aromatic carbocycles. The molecule has 0 spiro atoms. The predicted molar refractivity (Wildman–Crippen MR) is 43.3 cm³/mol. The Kier molecular flexibility index (Phi) is 3.45. The molecule has 0 N–H and O–H groups in total. The molecule has 0 atom stereocenters. The molecule has 0 heterocycles. The fraction of sp³-hybridized carbons (Fsp3) is 0.111. The Morgan fingerprint density at radius 3 is 2.22 bits per heavy atom. The lowest BCUT2D eigenvalue weighted by atomic mass is 10.1. The first kappa shape index (κ1) is 7.96. The van der Waals surface area contributed by atoms with Gasteiger partial charge >= 0.3 is 0 Å². The minimum atomic E-state index is 0.954. The maximum atomic E-state index is 3.76. The van der Waals surface area contributed by atoms with Gasteiger partial charge in [0, 0.05) is 0 Å². The van der Waals surface area contributed by atoms with Gasteiger partial charge < -0.3 is 0 Å². The summed E-state index contributed by atoms with van der Waals surface area (Å²) in [6.45, 7) is 12.9. The van der Waals surface area contributed by atoms with E-state index in [1.165, 1.54) is 0 Å². The minimum absolute atomic E-state index is 0.954. The van der Waals surface area contributed by atoms with Gasteiger partial charge in [0.1, 0.15) is 0 Å². The third kappa shape index (κ3) is 2.70. The molecule has 0 heteroatoms. The molecule has 0 aromatic heterocycles. The molecule has 0 fully saturated rings. The van der Waals surface area contributed by atoms with Crippen molar-refractivity contribution in [2.75, 3.05) is 0 Å². The summed E-state index contributed by atoms with van der Waals surface area (Å²) in [6, 6.07) is 0. The second-order valence-electron chi connectivity index (χ2n) is 1.81. The summed E-state index contributed by atoms with van der Waals surface area (Å²) in [4.78, 5) is 0. The van der Waals surface area contributed by atoms with Crippen LogP contribution in [0.2, 0.25) is 0 Å². The van der Waals surface area contributed by atoms with Gasteiger partial charge in [0.25, 0.3) is 0 Å². The number of allylic oxidation sites excluding steroid dienone is 5. The van der Waals surface area contributed by atoms with Crippen LogP contribution in [0.3, 0.4) is 0 Å². The van der Waals surface area contributed by atoms with Crippen LogP contribution in [-0.4, -0.2) is 0 Å². The van der Waals surface area contributed by atoms with Crippen LogP contribution in [0.1, 0.15) is 6.92 Å². The standard InChI is InChI=1S/C9H12/c1-5-7-9(4)8(3)6-2/h5-7H,1-3H2,4H3. The van der Waals surface area contributed by atoms with E-state index in [1.54, 1.807) is 12.2 Å². The Bertz CT molecular complexity index is 159. The van der Waals surface area contributed by atoms with Crippen molar-refractivity contribution in [2.45, 2.75) is 6.92 Å². The van der Waals surface area contributed by atoms with Gasteiger partial charge in [-0.15, -0.1) is 0 Å². The zero-order valence-corrected chi connectivity index (χ0v) is 5.85. The second-order valence-corrected chi connectivity index (χ2v) is 1.81. The fourth-order valence-corrected chi connectivity index (χ4v) is 0.445. The highest BCUT2D eigenvalue weighted by molar-refractivity contribution is 5.36. The van der Waals surface area contributed by atoms with Crippen molar-refractivity contribution >= 4 is 0 Å². The first-order chi connectivity index (χ1) is 4.22. The van der Waals surface area contributed by atoms with Crippen molar-refractivity contribution in [1.29, 1.82) is 0 Å². The second kappa shape index (κ2) is 3.90. The molecule has 0 radical (unpaired) electrons. The van der Waals surface area contributed by atoms with E-state index in [9.17, 15) is 0 Å². The van der Waals surface area contributed by atoms with E-state index in [0.717, 1.165) is 11.1 Å². The summed E-state index contributed by atoms with van der Waals surface area (Å²) in [5.41, 5.74) is 2.06. The monoisotopic (exact) mass is 120 g/mol. The summed E-state index contributed by atoms with van der Waals surface area (Å²) in [7, 11) is 0. The lowest BCUT2D eigenvalue weighted by Crippen LogP contribution is -1.74. The molecule has 0 aliphatic rings. The molecule has 9 heavy (non-hydrogen) atoms. The van der Waals surface area contributed by atoms with Crippen molar-refractivity contribution in [3.05, 3.63) is 49.1 Å². The summed E-state index contributed by atoms with van der Waals surface area (Å²) < 4.78 is 0. The van der Waals surface area contributed by atoms with Crippen LogP contribution in [0.5, 0.6) is 0 Å². The van der Waals surface area contributed by atoms with Crippen LogP contribution >= 0.6 is 0 Å². The van der Waals surface area contributed by atoms with Crippen LogP contribution in [0.15, 0.2) is 49.1 Å². The first-order valence-corrected chi connectivity index (χ1v) is 2.83. The molecular formula is C9H12. The average molecular weight is 120 g/mol. The first-order valence-electron chi connectivity index (χ1n) is 2.83. The molecule has 0 bridgehead atoms. The smallest absolute Gasteiger partial charge is 0.0305 e. The Balaban J connectivity index is 4.18. The maximum Gasteiger partial charge on any atom is -0.0305 e. The van der Waals surface area contributed by atoms with E-state index in [-0.39, 0.29) is 0 Å². The summed E-state index contributed by atoms with van der Waals surface area (Å²) in [6.07, 6.45) is 5.38. The lowest BCUT2D eigenvalue weighted by molar-refractivity contribution is 1.45. The van der Waals surface area contributed by atoms with Crippen LogP contribution in [0, 0.1) is 0 Å². The minimum Gasteiger partial charge on any atom is -0.0991 e. The van der Waals surface area contributed by atoms with Gasteiger partial charge in [0.2, 0.25) is 0 Å². The van der Waals surface area contributed by atoms with E-state index in [1.807, 2.05) is 13.0 Å². The van der Waals surface area contributed by atoms with Crippen molar-refractivity contribution in [2.24, 2.45) is 0 Å². The Morgan fingerprint density at radius 1 is 1.33 bits per heavy atom. The third-order valence-electron chi connectivity index (χ3n) is 1.12. The summed E-state index contributed by atoms with van der Waals surface area (Å²) >= 11 is 0. The molecule has 0 unspecified atom stereocenters. The molecule has 0 rings (SSSR count). The normalized spacial score (nSPS) is 10.6. The summed E-state index contributed by atoms with van der Waals surface area (Å²) in [5.74, 6) is 0. The van der Waals surface area contributed by atoms with Crippen molar-refractivity contribution < 1.29 is 0 Å². The summed E-state index contributed by atoms with van der Waals surface area (Å²) in [5, 5.41) is 0. The Morgan fingerprint density at radius 2 is 1.89 bits per heavy atom. The zero-order valence-electron chi connectivity index (χ0n) is 5.85. The number of hydrogen-bond donors (Lipinski definition) is 0. The topological polar surface area (TPSA) is 0 Å². The van der Waals surface area contributed by atoms with Crippen LogP contribution in [0.25, 0.3) is 0 Å². The van der Waals surface area contributed by atoms with Crippen molar-refractivity contribution in [3.8, 4) is 0 Å². The molecule has 0 saturated heterocycles. The van der Waals surface area contributed by atoms with Crippen molar-refractivity contribution in [1.82, 2.24) is 0 Å². The van der Waals surface area contributed by atoms with Gasteiger partial charge in [-0.3, -0.25) is 0 Å². The lowest BCUT2D eigenvalue weighted by Gasteiger charge is -1.94. The van der Waals surface area contributed by atoms with E-state index >= 15 is 0 Å². The van der Waals surface area contributed by atoms with Crippen molar-refractivity contribution in [3.63, 3.8) is 0 Å². The van der Waals surface area contributed by atoms with Gasteiger partial charge in [-0.2, -0.15) is 0 Å². The van der Waals surface area contributed by atoms with Crippen LogP contribution < -0.4 is 0 Å². The highest BCUT2D eigenvalue weighted by atomic mass is 13.9. The highest BCUT2D eigenvalue weighted by Crippen LogP contribution is 2.05. The number of rotatable bonds is 3. The van der Waals surface area contributed by atoms with Gasteiger partial charge in [-0.05, 0) is 18.1 Å². The zero-order chi connectivity index (χ0) is 7.28. The maximum absolute atomic E-state index is 3.76. The molecular weight excluding hydrogens is 108 g/mol. The molecule has 0 aliphatic carbocycles. The predicted octanol–water partition coefficient (Wildman–Crippen LogP) is 2.86. The highest BCUT2D eigenvalue weighted by Gasteiger charge is 1.85. The van der Waals surface area contributed by atoms with E-state index < -0.39 is 0 Å². The molecule has 0 nitrogen and oxygen atoms in total. The van der Waals surface area contributed by atoms with E-state index in [0.29, 0.717) is 0 Å². The fourth-order valence-electron chi connectivity index (χ4n) is 0.445. The SMILES string of the molecule is C=CC=C(C)C(=C)C=C. The molecule has 0 aliphatic heterocycles. The van der Waals surface area contributed by atoms with E-state index in [4.69, 9.17) is 0 Å². The van der Waals surface area contributed by atoms with Crippen LogP contribution in [-0.2, 0) is 0 Å². The average Bonchev–Trinajstić information content (AvgIpc) is 1.87. The molecule has 0 aromatic rings. The van der Waals surface area contributed by atoms with Gasteiger partial charge in [0.15, 0.2) is 0 Å². The molecule has 0 amide bonds. The van der Waals surface area contributed by atoms with E-state index in [2.05, 4.69) is 19.7 Å².